The average Bonchev–Trinajstić information content (AvgIpc) is 2.52. The lowest BCUT2D eigenvalue weighted by atomic mass is 10.1. The summed E-state index contributed by atoms with van der Waals surface area (Å²) in [4.78, 5) is 20.3. The van der Waals surface area contributed by atoms with E-state index in [0.717, 1.165) is 38.8 Å². The lowest BCUT2D eigenvalue weighted by molar-refractivity contribution is 0.0168. The molecule has 0 radical (unpaired) electrons. The molecule has 1 unspecified atom stereocenters. The molecule has 0 spiro atoms. The quantitative estimate of drug-likeness (QED) is 0.826. The number of hydrogen-bond donors (Lipinski definition) is 2. The van der Waals surface area contributed by atoms with Crippen molar-refractivity contribution in [2.45, 2.75) is 38.7 Å². The Morgan fingerprint density at radius 2 is 2.35 bits per heavy atom. The molecule has 1 aliphatic heterocycles. The first kappa shape index (κ1) is 14.7. The fourth-order valence-corrected chi connectivity index (χ4v) is 2.08. The molecule has 1 aliphatic rings. The van der Waals surface area contributed by atoms with Crippen LogP contribution in [0, 0.1) is 0 Å². The van der Waals surface area contributed by atoms with E-state index in [1.54, 1.807) is 6.20 Å². The van der Waals surface area contributed by atoms with E-state index in [1.165, 1.54) is 6.20 Å². The Kier molecular flexibility index (Phi) is 5.73. The van der Waals surface area contributed by atoms with Crippen molar-refractivity contribution in [3.63, 3.8) is 0 Å². The zero-order valence-corrected chi connectivity index (χ0v) is 11.9. The van der Waals surface area contributed by atoms with Crippen molar-refractivity contribution in [3.05, 3.63) is 18.1 Å². The first-order valence-electron chi connectivity index (χ1n) is 7.25. The van der Waals surface area contributed by atoms with E-state index in [4.69, 9.17) is 4.74 Å². The summed E-state index contributed by atoms with van der Waals surface area (Å²) in [5, 5.41) is 5.97. The maximum absolute atomic E-state index is 12.0. The van der Waals surface area contributed by atoms with Crippen LogP contribution in [0.5, 0.6) is 0 Å². The maximum atomic E-state index is 12.0. The summed E-state index contributed by atoms with van der Waals surface area (Å²) in [6.45, 7) is 4.21. The van der Waals surface area contributed by atoms with Crippen LogP contribution < -0.4 is 10.6 Å². The minimum Gasteiger partial charge on any atom is -0.376 e. The summed E-state index contributed by atoms with van der Waals surface area (Å²) in [7, 11) is 0. The molecule has 1 amide bonds. The number of ether oxygens (including phenoxy) is 1. The van der Waals surface area contributed by atoms with Crippen LogP contribution in [0.2, 0.25) is 0 Å². The van der Waals surface area contributed by atoms with Crippen molar-refractivity contribution in [3.8, 4) is 0 Å². The van der Waals surface area contributed by atoms with Gasteiger partial charge in [-0.05, 0) is 25.7 Å². The van der Waals surface area contributed by atoms with Gasteiger partial charge in [-0.15, -0.1) is 0 Å². The molecular weight excluding hydrogens is 256 g/mol. The molecule has 0 saturated carbocycles. The second-order valence-corrected chi connectivity index (χ2v) is 4.91. The van der Waals surface area contributed by atoms with Gasteiger partial charge < -0.3 is 15.4 Å². The van der Waals surface area contributed by atoms with Crippen LogP contribution in [0.3, 0.4) is 0 Å². The summed E-state index contributed by atoms with van der Waals surface area (Å²) in [5.74, 6) is 0.431. The van der Waals surface area contributed by atoms with Crippen LogP contribution in [0.25, 0.3) is 0 Å². The van der Waals surface area contributed by atoms with E-state index in [-0.39, 0.29) is 12.0 Å². The predicted molar refractivity (Wildman–Crippen MR) is 76.7 cm³/mol. The van der Waals surface area contributed by atoms with E-state index in [9.17, 15) is 4.79 Å². The van der Waals surface area contributed by atoms with E-state index in [1.807, 2.05) is 0 Å². The molecule has 6 heteroatoms. The van der Waals surface area contributed by atoms with Crippen molar-refractivity contribution in [1.82, 2.24) is 15.3 Å². The molecule has 0 aromatic carbocycles. The molecule has 2 N–H and O–H groups in total. The molecule has 1 atom stereocenters. The van der Waals surface area contributed by atoms with Crippen molar-refractivity contribution < 1.29 is 9.53 Å². The highest BCUT2D eigenvalue weighted by atomic mass is 16.5. The van der Waals surface area contributed by atoms with Crippen LogP contribution in [-0.4, -0.2) is 41.7 Å². The fraction of sp³-hybridized carbons (Fsp3) is 0.643. The van der Waals surface area contributed by atoms with Gasteiger partial charge in [0.1, 0.15) is 11.5 Å². The smallest absolute Gasteiger partial charge is 0.271 e. The summed E-state index contributed by atoms with van der Waals surface area (Å²) in [6.07, 6.45) is 7.51. The highest BCUT2D eigenvalue weighted by Crippen LogP contribution is 2.11. The summed E-state index contributed by atoms with van der Waals surface area (Å²) in [6, 6.07) is 0. The molecule has 2 rings (SSSR count). The maximum Gasteiger partial charge on any atom is 0.271 e. The minimum atomic E-state index is -0.202. The topological polar surface area (TPSA) is 76.1 Å². The van der Waals surface area contributed by atoms with Gasteiger partial charge >= 0.3 is 0 Å². The number of hydrogen-bond acceptors (Lipinski definition) is 5. The monoisotopic (exact) mass is 278 g/mol. The SMILES string of the molecule is CCCNc1cncc(C(=O)NCC2CCCCO2)n1. The van der Waals surface area contributed by atoms with E-state index < -0.39 is 0 Å². The Bertz CT molecular complexity index is 433. The second kappa shape index (κ2) is 7.79. The van der Waals surface area contributed by atoms with Gasteiger partial charge in [0.2, 0.25) is 0 Å². The fourth-order valence-electron chi connectivity index (χ4n) is 2.08. The van der Waals surface area contributed by atoms with Gasteiger partial charge in [-0.1, -0.05) is 6.92 Å². The van der Waals surface area contributed by atoms with Gasteiger partial charge in [0.15, 0.2) is 0 Å². The molecule has 20 heavy (non-hydrogen) atoms. The summed E-state index contributed by atoms with van der Waals surface area (Å²) in [5.41, 5.74) is 0.335. The van der Waals surface area contributed by atoms with E-state index >= 15 is 0 Å². The molecule has 110 valence electrons. The minimum absolute atomic E-state index is 0.127. The van der Waals surface area contributed by atoms with Gasteiger partial charge in [-0.3, -0.25) is 9.78 Å². The van der Waals surface area contributed by atoms with Gasteiger partial charge in [-0.2, -0.15) is 0 Å². The molecule has 1 fully saturated rings. The molecule has 0 bridgehead atoms. The van der Waals surface area contributed by atoms with Gasteiger partial charge in [0.25, 0.3) is 5.91 Å². The first-order valence-corrected chi connectivity index (χ1v) is 7.25. The lowest BCUT2D eigenvalue weighted by Gasteiger charge is -2.22. The summed E-state index contributed by atoms with van der Waals surface area (Å²) >= 11 is 0. The Morgan fingerprint density at radius 1 is 1.45 bits per heavy atom. The zero-order chi connectivity index (χ0) is 14.2. The highest BCUT2D eigenvalue weighted by Gasteiger charge is 2.16. The Hall–Kier alpha value is -1.69. The van der Waals surface area contributed by atoms with Crippen LogP contribution in [0.1, 0.15) is 43.1 Å². The number of nitrogens with zero attached hydrogens (tertiary/aromatic N) is 2. The molecule has 1 aromatic rings. The van der Waals surface area contributed by atoms with Crippen molar-refractivity contribution in [2.24, 2.45) is 0 Å². The lowest BCUT2D eigenvalue weighted by Crippen LogP contribution is -2.35. The average molecular weight is 278 g/mol. The predicted octanol–water partition coefficient (Wildman–Crippen LogP) is 1.60. The second-order valence-electron chi connectivity index (χ2n) is 4.91. The largest absolute Gasteiger partial charge is 0.376 e. The van der Waals surface area contributed by atoms with Gasteiger partial charge in [0, 0.05) is 19.7 Å². The van der Waals surface area contributed by atoms with E-state index in [2.05, 4.69) is 27.5 Å². The van der Waals surface area contributed by atoms with Gasteiger partial charge in [0.05, 0.1) is 18.5 Å². The van der Waals surface area contributed by atoms with Crippen molar-refractivity contribution >= 4 is 11.7 Å². The van der Waals surface area contributed by atoms with Gasteiger partial charge in [-0.25, -0.2) is 4.98 Å². The molecule has 6 nitrogen and oxygen atoms in total. The Morgan fingerprint density at radius 3 is 3.10 bits per heavy atom. The molecule has 1 saturated heterocycles. The molecular formula is C14H22N4O2. The number of rotatable bonds is 6. The van der Waals surface area contributed by atoms with Crippen molar-refractivity contribution in [1.29, 1.82) is 0 Å². The number of nitrogens with one attached hydrogen (secondary N) is 2. The number of anilines is 1. The Labute approximate surface area is 119 Å². The number of aromatic nitrogens is 2. The van der Waals surface area contributed by atoms with Crippen LogP contribution in [0.15, 0.2) is 12.4 Å². The van der Waals surface area contributed by atoms with E-state index in [0.29, 0.717) is 18.1 Å². The third-order valence-electron chi connectivity index (χ3n) is 3.19. The zero-order valence-electron chi connectivity index (χ0n) is 11.9. The number of carbonyl (C=O) groups is 1. The number of amides is 1. The molecule has 1 aromatic heterocycles. The first-order chi connectivity index (χ1) is 9.79. The van der Waals surface area contributed by atoms with Crippen LogP contribution >= 0.6 is 0 Å². The Balaban J connectivity index is 1.84. The molecule has 2 heterocycles. The van der Waals surface area contributed by atoms with Crippen LogP contribution in [-0.2, 0) is 4.74 Å². The number of carbonyl (C=O) groups excluding carboxylic acids is 1. The van der Waals surface area contributed by atoms with Crippen LogP contribution in [0.4, 0.5) is 5.82 Å². The summed E-state index contributed by atoms with van der Waals surface area (Å²) < 4.78 is 5.58. The molecule has 0 aliphatic carbocycles. The standard InChI is InChI=1S/C14H22N4O2/c1-2-6-16-13-10-15-9-12(18-13)14(19)17-8-11-5-3-4-7-20-11/h9-11H,2-8H2,1H3,(H,16,18)(H,17,19). The highest BCUT2D eigenvalue weighted by molar-refractivity contribution is 5.92. The third kappa shape index (κ3) is 4.45. The third-order valence-corrected chi connectivity index (χ3v) is 3.19. The van der Waals surface area contributed by atoms with Crippen molar-refractivity contribution in [2.75, 3.05) is 25.0 Å². The normalized spacial score (nSPS) is 18.6.